The molecule has 0 saturated carbocycles. The molecule has 0 aliphatic rings. The van der Waals surface area contributed by atoms with Crippen molar-refractivity contribution >= 4 is 59.7 Å². The largest absolute Gasteiger partial charge is 0.547 e. The summed E-state index contributed by atoms with van der Waals surface area (Å²) in [4.78, 5) is 94.3. The van der Waals surface area contributed by atoms with Gasteiger partial charge in [-0.2, -0.15) is 0 Å². The van der Waals surface area contributed by atoms with E-state index in [2.05, 4.69) is 0 Å². The molecule has 0 fully saturated rings. The van der Waals surface area contributed by atoms with E-state index in [9.17, 15) is 58.2 Å². The number of carbonyl (C=O) groups is 10. The van der Waals surface area contributed by atoms with Gasteiger partial charge in [0.2, 0.25) is 0 Å². The first-order valence-corrected chi connectivity index (χ1v) is 15.5. The number of rotatable bonds is 10. The molecule has 0 rings (SSSR count). The van der Waals surface area contributed by atoms with Crippen LogP contribution >= 0.6 is 0 Å². The summed E-state index contributed by atoms with van der Waals surface area (Å²) in [7, 11) is 0. The topological polar surface area (TPSA) is 654 Å². The van der Waals surface area contributed by atoms with E-state index >= 15 is 0 Å². The van der Waals surface area contributed by atoms with E-state index in [0.29, 0.717) is 0 Å². The molecule has 26 N–H and O–H groups in total. The van der Waals surface area contributed by atoms with Crippen LogP contribution in [0.25, 0.3) is 0 Å². The number of hydrogen-bond donors (Lipinski definition) is 20. The summed E-state index contributed by atoms with van der Waals surface area (Å²) in [5.41, 5.74) is 0. The van der Waals surface area contributed by atoms with Gasteiger partial charge in [-0.1, -0.05) is 0 Å². The van der Waals surface area contributed by atoms with Crippen molar-refractivity contribution in [1.29, 1.82) is 0 Å². The van der Waals surface area contributed by atoms with Crippen LogP contribution in [0.15, 0.2) is 0 Å². The Morgan fingerprint density at radius 3 is 0.281 bits per heavy atom. The molecule has 0 aromatic carbocycles. The Balaban J connectivity index is -0.0000000359. The summed E-state index contributed by atoms with van der Waals surface area (Å²) in [6.45, 7) is 11.8. The van der Waals surface area contributed by atoms with E-state index in [1.54, 1.807) is 0 Å². The number of aliphatic hydroxyl groups excluding tert-OH is 10. The normalized spacial score (nSPS) is 12.8. The van der Waals surface area contributed by atoms with Gasteiger partial charge < -0.3 is 124 Å². The molecule has 32 nitrogen and oxygen atoms in total. The third-order valence-corrected chi connectivity index (χ3v) is 3.54. The number of carbonyl (C=O) groups excluding carboxylic acids is 2. The smallest absolute Gasteiger partial charge is 0.332 e. The van der Waals surface area contributed by atoms with Gasteiger partial charge in [0.15, 0.2) is 0 Å². The van der Waals surface area contributed by atoms with E-state index in [4.69, 9.17) is 91.9 Å². The van der Waals surface area contributed by atoms with E-state index in [0.717, 1.165) is 13.8 Å². The van der Waals surface area contributed by atoms with Crippen LogP contribution in [-0.2, 0) is 91.4 Å². The Bertz CT molecular complexity index is 895. The van der Waals surface area contributed by atoms with Crippen LogP contribution in [0.5, 0.6) is 0 Å². The minimum Gasteiger partial charge on any atom is -0.547 e. The van der Waals surface area contributed by atoms with Crippen molar-refractivity contribution in [2.24, 2.45) is 0 Å². The fourth-order valence-corrected chi connectivity index (χ4v) is 0. The quantitative estimate of drug-likeness (QED) is 0.0904. The van der Waals surface area contributed by atoms with Gasteiger partial charge in [-0.25, -0.2) is 38.4 Å². The zero-order chi connectivity index (χ0) is 51.5. The molecule has 0 amide bonds. The first-order chi connectivity index (χ1) is 26.4. The Morgan fingerprint density at radius 2 is 0.281 bits per heavy atom. The van der Waals surface area contributed by atoms with Gasteiger partial charge in [-0.15, -0.1) is 0 Å². The average molecular weight is 1030 g/mol. The molecule has 0 saturated heterocycles. The predicted molar refractivity (Wildman–Crippen MR) is 200 cm³/mol. The molecular formula is C30H66N2O30Ti2. The van der Waals surface area contributed by atoms with E-state index in [1.165, 1.54) is 55.4 Å². The molecule has 0 bridgehead atoms. The summed E-state index contributed by atoms with van der Waals surface area (Å²) in [6, 6.07) is 0. The molecule has 10 atom stereocenters. The zero-order valence-corrected chi connectivity index (χ0v) is 39.8. The number of aliphatic carboxylic acids is 10. The van der Waals surface area contributed by atoms with E-state index in [-0.39, 0.29) is 55.7 Å². The Labute approximate surface area is 394 Å². The van der Waals surface area contributed by atoms with Gasteiger partial charge >= 0.3 is 47.8 Å². The van der Waals surface area contributed by atoms with Crippen LogP contribution in [0.1, 0.15) is 69.2 Å². The van der Waals surface area contributed by atoms with Crippen LogP contribution in [0, 0.1) is 0 Å². The molecule has 64 heavy (non-hydrogen) atoms. The summed E-state index contributed by atoms with van der Waals surface area (Å²) < 4.78 is 0. The van der Waals surface area contributed by atoms with Gasteiger partial charge in [0.1, 0.15) is 48.8 Å². The third-order valence-electron chi connectivity index (χ3n) is 3.54. The van der Waals surface area contributed by atoms with Crippen LogP contribution in [0.2, 0.25) is 0 Å². The second-order valence-electron chi connectivity index (χ2n) is 10.1. The van der Waals surface area contributed by atoms with Crippen molar-refractivity contribution in [1.82, 2.24) is 12.3 Å². The van der Waals surface area contributed by atoms with Crippen molar-refractivity contribution < 1.29 is 194 Å². The molecule has 0 spiro atoms. The van der Waals surface area contributed by atoms with E-state index < -0.39 is 121 Å². The van der Waals surface area contributed by atoms with Gasteiger partial charge in [-0.3, -0.25) is 0 Å². The standard InChI is InChI=1S/10C3H6O3.2H3N.2Ti/c10*1-2(4)3(5)6;;;;/h10*2,4H,1H3,(H,5,6);2*1H3;;. The summed E-state index contributed by atoms with van der Waals surface area (Å²) >= 11 is 0. The Morgan fingerprint density at radius 1 is 0.250 bits per heavy atom. The maximum Gasteiger partial charge on any atom is 0.332 e. The molecule has 34 heteroatoms. The molecular weight excluding hydrogens is 964 g/mol. The molecule has 0 aliphatic heterocycles. The maximum atomic E-state index is 9.45. The van der Waals surface area contributed by atoms with Crippen molar-refractivity contribution in [2.75, 3.05) is 0 Å². The number of quaternary nitrogens is 2. The monoisotopic (exact) mass is 1030 g/mol. The van der Waals surface area contributed by atoms with Crippen molar-refractivity contribution in [3.8, 4) is 0 Å². The SMILES string of the molecule is CC(O)C(=O)O.CC(O)C(=O)O.CC(O)C(=O)O.CC(O)C(=O)O.CC(O)C(=O)O.CC(O)C(=O)O.CC(O)C(=O)O.CC(O)C(=O)O.CC(O)C(=O)[O-].CC(O)C(=O)[O-].[NH4+].[NH4+].[Ti].[Ti]. The van der Waals surface area contributed by atoms with E-state index in [1.807, 2.05) is 0 Å². The summed E-state index contributed by atoms with van der Waals surface area (Å²) in [5.74, 6) is -12.4. The first-order valence-electron chi connectivity index (χ1n) is 15.5. The summed E-state index contributed by atoms with van der Waals surface area (Å²) in [5, 5.41) is 161. The number of carboxylic acids is 10. The van der Waals surface area contributed by atoms with Crippen molar-refractivity contribution in [3.05, 3.63) is 0 Å². The van der Waals surface area contributed by atoms with Gasteiger partial charge in [-0.05, 0) is 69.2 Å². The van der Waals surface area contributed by atoms with Crippen LogP contribution in [0.4, 0.5) is 0 Å². The molecule has 0 radical (unpaired) electrons. The number of hydrogen-bond acceptors (Lipinski definition) is 22. The van der Waals surface area contributed by atoms with Gasteiger partial charge in [0.25, 0.3) is 0 Å². The Kier molecular flexibility index (Phi) is 96.8. The average Bonchev–Trinajstić information content (AvgIpc) is 3.06. The van der Waals surface area contributed by atoms with Crippen molar-refractivity contribution in [3.63, 3.8) is 0 Å². The fraction of sp³-hybridized carbons (Fsp3) is 0.667. The summed E-state index contributed by atoms with van der Waals surface area (Å²) in [6.07, 6.45) is -12.5. The minimum atomic E-state index is -1.44. The third kappa shape index (κ3) is 146. The molecule has 0 aromatic heterocycles. The van der Waals surface area contributed by atoms with Gasteiger partial charge in [0.05, 0.1) is 24.1 Å². The second-order valence-corrected chi connectivity index (χ2v) is 10.1. The zero-order valence-electron chi connectivity index (χ0n) is 36.7. The molecule has 0 aromatic rings. The number of aliphatic hydroxyl groups is 10. The van der Waals surface area contributed by atoms with Crippen molar-refractivity contribution in [2.45, 2.75) is 130 Å². The fourth-order valence-electron chi connectivity index (χ4n) is 0. The van der Waals surface area contributed by atoms with Crippen LogP contribution < -0.4 is 22.5 Å². The minimum absolute atomic E-state index is 0. The predicted octanol–water partition coefficient (Wildman–Crippen LogP) is -7.40. The van der Waals surface area contributed by atoms with Crippen LogP contribution in [0.3, 0.4) is 0 Å². The second kappa shape index (κ2) is 62.9. The first kappa shape index (κ1) is 98.5. The van der Waals surface area contributed by atoms with Gasteiger partial charge in [0, 0.05) is 43.4 Å². The maximum absolute atomic E-state index is 9.45. The molecule has 0 heterocycles. The Hall–Kier alpha value is -4.35. The molecule has 0 aliphatic carbocycles. The molecule has 10 unspecified atom stereocenters. The molecule has 384 valence electrons. The van der Waals surface area contributed by atoms with Crippen LogP contribution in [-0.4, -0.2) is 213 Å². The number of carboxylic acid groups (broad SMARTS) is 10.